The molecule has 2 aromatic rings. The van der Waals surface area contributed by atoms with Crippen molar-refractivity contribution in [1.82, 2.24) is 10.2 Å². The fourth-order valence-electron chi connectivity index (χ4n) is 3.37. The molecular weight excluding hydrogens is 340 g/mol. The zero-order valence-electron chi connectivity index (χ0n) is 14.2. The highest BCUT2D eigenvalue weighted by molar-refractivity contribution is 7.92. The highest BCUT2D eigenvalue weighted by atomic mass is 32.2. The molecule has 0 atom stereocenters. The molecule has 2 N–H and O–H groups in total. The number of carbonyl (C=O) groups excluding carboxylic acids is 1. The van der Waals surface area contributed by atoms with Gasteiger partial charge in [0.1, 0.15) is 4.90 Å². The highest BCUT2D eigenvalue weighted by Gasteiger charge is 2.36. The van der Waals surface area contributed by atoms with Crippen molar-refractivity contribution in [3.8, 4) is 0 Å². The minimum absolute atomic E-state index is 0.141. The number of sulfonamides is 1. The highest BCUT2D eigenvalue weighted by Crippen LogP contribution is 2.37. The predicted octanol–water partition coefficient (Wildman–Crippen LogP) is 2.13. The van der Waals surface area contributed by atoms with Crippen LogP contribution in [0.4, 0.5) is 11.4 Å². The van der Waals surface area contributed by atoms with Gasteiger partial charge in [0.05, 0.1) is 17.1 Å². The van der Waals surface area contributed by atoms with E-state index >= 15 is 0 Å². The summed E-state index contributed by atoms with van der Waals surface area (Å²) in [5.41, 5.74) is 3.27. The summed E-state index contributed by atoms with van der Waals surface area (Å²) in [6.07, 6.45) is 2.72. The minimum Gasteiger partial charge on any atom is -0.312 e. The molecule has 1 aromatic heterocycles. The third-order valence-corrected chi connectivity index (χ3v) is 6.40. The number of fused-ring (bicyclic) bond motifs is 1. The first-order valence-corrected chi connectivity index (χ1v) is 9.84. The third kappa shape index (κ3) is 2.80. The Balaban J connectivity index is 1.64. The van der Waals surface area contributed by atoms with Crippen molar-refractivity contribution in [3.63, 3.8) is 0 Å². The number of anilines is 2. The molecule has 0 unspecified atom stereocenters. The van der Waals surface area contributed by atoms with Crippen LogP contribution in [0.15, 0.2) is 23.1 Å². The Morgan fingerprint density at radius 2 is 2.08 bits per heavy atom. The third-order valence-electron chi connectivity index (χ3n) is 4.75. The van der Waals surface area contributed by atoms with Gasteiger partial charge in [0.2, 0.25) is 5.91 Å². The Morgan fingerprint density at radius 1 is 1.32 bits per heavy atom. The number of aromatic amines is 1. The summed E-state index contributed by atoms with van der Waals surface area (Å²) in [7, 11) is -3.74. The maximum absolute atomic E-state index is 12.7. The number of hydrogen-bond donors (Lipinski definition) is 2. The van der Waals surface area contributed by atoms with E-state index in [2.05, 4.69) is 14.9 Å². The van der Waals surface area contributed by atoms with Crippen molar-refractivity contribution in [2.45, 2.75) is 38.0 Å². The Morgan fingerprint density at radius 3 is 2.72 bits per heavy atom. The zero-order chi connectivity index (χ0) is 17.8. The van der Waals surface area contributed by atoms with Crippen LogP contribution in [0.2, 0.25) is 0 Å². The topological polar surface area (TPSA) is 95.2 Å². The Labute approximate surface area is 146 Å². The molecular formula is C17H20N4O3S. The first-order chi connectivity index (χ1) is 11.9. The second kappa shape index (κ2) is 5.59. The van der Waals surface area contributed by atoms with E-state index in [1.165, 1.54) is 0 Å². The second-order valence-corrected chi connectivity index (χ2v) is 8.35. The maximum Gasteiger partial charge on any atom is 0.265 e. The molecule has 25 heavy (non-hydrogen) atoms. The molecule has 0 bridgehead atoms. The normalized spacial score (nSPS) is 16.8. The second-order valence-electron chi connectivity index (χ2n) is 6.73. The SMILES string of the molecule is Cc1n[nH]c(C)c1S(=O)(=O)Nc1ccc2c(c1)N(C(=O)C1CC1)CC2. The molecule has 0 radical (unpaired) electrons. The van der Waals surface area contributed by atoms with Gasteiger partial charge in [-0.05, 0) is 50.8 Å². The summed E-state index contributed by atoms with van der Waals surface area (Å²) >= 11 is 0. The Hall–Kier alpha value is -2.35. The van der Waals surface area contributed by atoms with Crippen molar-refractivity contribution in [2.24, 2.45) is 5.92 Å². The summed E-state index contributed by atoms with van der Waals surface area (Å²) in [6.45, 7) is 3.99. The number of aryl methyl sites for hydroxylation is 2. The van der Waals surface area contributed by atoms with Gasteiger partial charge in [-0.3, -0.25) is 14.6 Å². The molecule has 2 heterocycles. The molecule has 1 aliphatic carbocycles. The van der Waals surface area contributed by atoms with E-state index < -0.39 is 10.0 Å². The number of nitrogens with zero attached hydrogens (tertiary/aromatic N) is 2. The van der Waals surface area contributed by atoms with Gasteiger partial charge in [0, 0.05) is 18.2 Å². The van der Waals surface area contributed by atoms with Crippen LogP contribution in [0.25, 0.3) is 0 Å². The molecule has 8 heteroatoms. The van der Waals surface area contributed by atoms with Gasteiger partial charge in [-0.25, -0.2) is 8.42 Å². The number of carbonyl (C=O) groups is 1. The smallest absolute Gasteiger partial charge is 0.265 e. The van der Waals surface area contributed by atoms with Crippen LogP contribution in [0, 0.1) is 19.8 Å². The monoisotopic (exact) mass is 360 g/mol. The average Bonchev–Trinajstić information content (AvgIpc) is 3.23. The number of amides is 1. The van der Waals surface area contributed by atoms with Gasteiger partial charge in [-0.2, -0.15) is 5.10 Å². The largest absolute Gasteiger partial charge is 0.312 e. The van der Waals surface area contributed by atoms with E-state index in [4.69, 9.17) is 0 Å². The molecule has 1 saturated carbocycles. The summed E-state index contributed by atoms with van der Waals surface area (Å²) < 4.78 is 28.0. The lowest BCUT2D eigenvalue weighted by atomic mass is 10.1. The summed E-state index contributed by atoms with van der Waals surface area (Å²) in [6, 6.07) is 5.39. The van der Waals surface area contributed by atoms with Crippen molar-refractivity contribution in [3.05, 3.63) is 35.2 Å². The molecule has 2 aliphatic rings. The summed E-state index contributed by atoms with van der Waals surface area (Å²) in [5, 5.41) is 6.64. The van der Waals surface area contributed by atoms with Gasteiger partial charge < -0.3 is 4.90 Å². The lowest BCUT2D eigenvalue weighted by Crippen LogP contribution is -2.30. The summed E-state index contributed by atoms with van der Waals surface area (Å²) in [4.78, 5) is 14.4. The standard InChI is InChI=1S/C17H20N4O3S/c1-10-16(11(2)19-18-10)25(23,24)20-14-6-5-12-7-8-21(15(12)9-14)17(22)13-3-4-13/h5-6,9,13,20H,3-4,7-8H2,1-2H3,(H,18,19). The van der Waals surface area contributed by atoms with E-state index in [9.17, 15) is 13.2 Å². The number of aromatic nitrogens is 2. The van der Waals surface area contributed by atoms with Crippen LogP contribution in [-0.4, -0.2) is 31.1 Å². The first kappa shape index (κ1) is 16.1. The molecule has 1 fully saturated rings. The van der Waals surface area contributed by atoms with Crippen molar-refractivity contribution in [2.75, 3.05) is 16.2 Å². The van der Waals surface area contributed by atoms with E-state index in [0.717, 1.165) is 30.5 Å². The maximum atomic E-state index is 12.7. The van der Waals surface area contributed by atoms with Crippen LogP contribution >= 0.6 is 0 Å². The lowest BCUT2D eigenvalue weighted by Gasteiger charge is -2.18. The van der Waals surface area contributed by atoms with Crippen molar-refractivity contribution >= 4 is 27.3 Å². The van der Waals surface area contributed by atoms with Gasteiger partial charge in [-0.15, -0.1) is 0 Å². The Kier molecular flexibility index (Phi) is 3.61. The fraction of sp³-hybridized carbons (Fsp3) is 0.412. The quantitative estimate of drug-likeness (QED) is 0.873. The van der Waals surface area contributed by atoms with Gasteiger partial charge in [-0.1, -0.05) is 6.07 Å². The van der Waals surface area contributed by atoms with E-state index in [1.807, 2.05) is 6.07 Å². The molecule has 1 aromatic carbocycles. The van der Waals surface area contributed by atoms with E-state index in [0.29, 0.717) is 23.6 Å². The number of nitrogens with one attached hydrogen (secondary N) is 2. The molecule has 4 rings (SSSR count). The molecule has 0 saturated heterocycles. The van der Waals surface area contributed by atoms with Crippen LogP contribution in [0.3, 0.4) is 0 Å². The lowest BCUT2D eigenvalue weighted by molar-refractivity contribution is -0.119. The van der Waals surface area contributed by atoms with Gasteiger partial charge in [0.25, 0.3) is 10.0 Å². The number of rotatable bonds is 4. The molecule has 7 nitrogen and oxygen atoms in total. The van der Waals surface area contributed by atoms with Crippen molar-refractivity contribution < 1.29 is 13.2 Å². The van der Waals surface area contributed by atoms with Crippen LogP contribution in [0.5, 0.6) is 0 Å². The predicted molar refractivity (Wildman–Crippen MR) is 94.1 cm³/mol. The summed E-state index contributed by atoms with van der Waals surface area (Å²) in [5.74, 6) is 0.294. The molecule has 0 spiro atoms. The molecule has 1 aliphatic heterocycles. The average molecular weight is 360 g/mol. The van der Waals surface area contributed by atoms with E-state index in [1.54, 1.807) is 30.9 Å². The number of H-pyrrole nitrogens is 1. The zero-order valence-corrected chi connectivity index (χ0v) is 15.0. The van der Waals surface area contributed by atoms with Gasteiger partial charge in [0.15, 0.2) is 0 Å². The van der Waals surface area contributed by atoms with Crippen molar-refractivity contribution in [1.29, 1.82) is 0 Å². The van der Waals surface area contributed by atoms with Crippen LogP contribution in [0.1, 0.15) is 29.8 Å². The first-order valence-electron chi connectivity index (χ1n) is 8.35. The Bertz CT molecular complexity index is 941. The molecule has 132 valence electrons. The van der Waals surface area contributed by atoms with Gasteiger partial charge >= 0.3 is 0 Å². The van der Waals surface area contributed by atoms with Crippen LogP contribution in [-0.2, 0) is 21.2 Å². The number of hydrogen-bond acceptors (Lipinski definition) is 4. The fourth-order valence-corrected chi connectivity index (χ4v) is 4.79. The van der Waals surface area contributed by atoms with Crippen LogP contribution < -0.4 is 9.62 Å². The minimum atomic E-state index is -3.74. The number of benzene rings is 1. The van der Waals surface area contributed by atoms with E-state index in [-0.39, 0.29) is 16.7 Å². The molecule has 1 amide bonds.